The normalized spacial score (nSPS) is 14.6. The summed E-state index contributed by atoms with van der Waals surface area (Å²) in [7, 11) is -0.252. The van der Waals surface area contributed by atoms with Gasteiger partial charge in [0.1, 0.15) is 0 Å². The van der Waals surface area contributed by atoms with Crippen LogP contribution in [0.1, 0.15) is 47.1 Å². The van der Waals surface area contributed by atoms with Crippen LogP contribution < -0.4 is 15.4 Å². The molecule has 0 aliphatic heterocycles. The Morgan fingerprint density at radius 2 is 1.71 bits per heavy atom. The molecule has 1 unspecified atom stereocenters. The van der Waals surface area contributed by atoms with E-state index in [4.69, 9.17) is 4.74 Å². The van der Waals surface area contributed by atoms with E-state index in [1.54, 1.807) is 32.4 Å². The Morgan fingerprint density at radius 3 is 2.21 bits per heavy atom. The Hall–Kier alpha value is -1.64. The van der Waals surface area contributed by atoms with Gasteiger partial charge in [0.15, 0.2) is 5.96 Å². The summed E-state index contributed by atoms with van der Waals surface area (Å²) in [6, 6.07) is 6.95. The van der Waals surface area contributed by atoms with Crippen molar-refractivity contribution in [3.63, 3.8) is 0 Å². The molecule has 0 radical (unpaired) electrons. The standard InChI is InChI=1S/C20H36N4O3S/c1-19(2,3)17(27-8)14-23-18(21-7)22-13-15-11-9-10-12-16(15)28(25,26)24-20(4,5)6/h9-12,17,24H,13-14H2,1-8H3,(H2,21,22,23). The van der Waals surface area contributed by atoms with E-state index in [0.29, 0.717) is 24.6 Å². The number of guanidine groups is 1. The molecule has 0 heterocycles. The van der Waals surface area contributed by atoms with Crippen molar-refractivity contribution < 1.29 is 13.2 Å². The van der Waals surface area contributed by atoms with Gasteiger partial charge >= 0.3 is 0 Å². The summed E-state index contributed by atoms with van der Waals surface area (Å²) in [5, 5.41) is 6.43. The highest BCUT2D eigenvalue weighted by atomic mass is 32.2. The summed E-state index contributed by atoms with van der Waals surface area (Å²) in [5.74, 6) is 0.585. The second-order valence-corrected chi connectivity index (χ2v) is 10.5. The molecule has 0 saturated carbocycles. The van der Waals surface area contributed by atoms with Gasteiger partial charge in [-0.05, 0) is 37.8 Å². The molecule has 1 rings (SSSR count). The molecule has 28 heavy (non-hydrogen) atoms. The number of hydrogen-bond donors (Lipinski definition) is 3. The third-order valence-corrected chi connectivity index (χ3v) is 5.94. The Morgan fingerprint density at radius 1 is 1.11 bits per heavy atom. The first kappa shape index (κ1) is 24.4. The molecule has 0 bridgehead atoms. The van der Waals surface area contributed by atoms with Gasteiger partial charge < -0.3 is 15.4 Å². The smallest absolute Gasteiger partial charge is 0.241 e. The molecule has 0 spiro atoms. The first-order chi connectivity index (χ1) is 12.8. The summed E-state index contributed by atoms with van der Waals surface area (Å²) in [4.78, 5) is 4.48. The topological polar surface area (TPSA) is 91.8 Å². The van der Waals surface area contributed by atoms with Gasteiger partial charge in [0.05, 0.1) is 11.0 Å². The van der Waals surface area contributed by atoms with Crippen LogP contribution in [0.2, 0.25) is 0 Å². The number of rotatable bonds is 7. The van der Waals surface area contributed by atoms with Crippen molar-refractivity contribution in [1.29, 1.82) is 0 Å². The van der Waals surface area contributed by atoms with Crippen LogP contribution in [0.25, 0.3) is 0 Å². The van der Waals surface area contributed by atoms with E-state index >= 15 is 0 Å². The van der Waals surface area contributed by atoms with Crippen LogP contribution in [0, 0.1) is 5.41 Å². The average Bonchev–Trinajstić information content (AvgIpc) is 2.55. The largest absolute Gasteiger partial charge is 0.379 e. The first-order valence-electron chi connectivity index (χ1n) is 9.39. The van der Waals surface area contributed by atoms with E-state index in [1.165, 1.54) is 0 Å². The summed E-state index contributed by atoms with van der Waals surface area (Å²) in [5.41, 5.74) is 0.0974. The third kappa shape index (κ3) is 7.77. The van der Waals surface area contributed by atoms with Crippen LogP contribution in [0.5, 0.6) is 0 Å². The second kappa shape index (κ2) is 9.71. The predicted octanol–water partition coefficient (Wildman–Crippen LogP) is 2.49. The molecule has 1 aromatic rings. The maximum Gasteiger partial charge on any atom is 0.241 e. The highest BCUT2D eigenvalue weighted by molar-refractivity contribution is 7.89. The van der Waals surface area contributed by atoms with Gasteiger partial charge in [-0.3, -0.25) is 4.99 Å². The number of hydrogen-bond acceptors (Lipinski definition) is 4. The van der Waals surface area contributed by atoms with Crippen molar-refractivity contribution in [2.45, 2.75) is 64.6 Å². The van der Waals surface area contributed by atoms with E-state index < -0.39 is 15.6 Å². The number of methoxy groups -OCH3 is 1. The fraction of sp³-hybridized carbons (Fsp3) is 0.650. The van der Waals surface area contributed by atoms with E-state index in [9.17, 15) is 8.42 Å². The number of aliphatic imine (C=N–C) groups is 1. The van der Waals surface area contributed by atoms with Crippen molar-refractivity contribution in [3.05, 3.63) is 29.8 Å². The highest BCUT2D eigenvalue weighted by Gasteiger charge is 2.25. The zero-order chi connectivity index (χ0) is 21.6. The van der Waals surface area contributed by atoms with Crippen LogP contribution in [-0.2, 0) is 21.3 Å². The first-order valence-corrected chi connectivity index (χ1v) is 10.9. The minimum absolute atomic E-state index is 0.00898. The minimum Gasteiger partial charge on any atom is -0.379 e. The highest BCUT2D eigenvalue weighted by Crippen LogP contribution is 2.21. The van der Waals surface area contributed by atoms with E-state index in [1.807, 2.05) is 26.8 Å². The van der Waals surface area contributed by atoms with Gasteiger partial charge in [0, 0.05) is 32.8 Å². The molecule has 1 aromatic carbocycles. The molecule has 7 nitrogen and oxygen atoms in total. The summed E-state index contributed by atoms with van der Waals surface area (Å²) in [6.07, 6.45) is 0.00898. The molecule has 1 atom stereocenters. The maximum absolute atomic E-state index is 12.7. The van der Waals surface area contributed by atoms with Crippen molar-refractivity contribution in [2.75, 3.05) is 20.7 Å². The lowest BCUT2D eigenvalue weighted by molar-refractivity contribution is 0.0205. The lowest BCUT2D eigenvalue weighted by Gasteiger charge is -2.30. The molecule has 0 aliphatic carbocycles. The van der Waals surface area contributed by atoms with Gasteiger partial charge in [-0.1, -0.05) is 39.0 Å². The molecule has 8 heteroatoms. The SMILES string of the molecule is CN=C(NCc1ccccc1S(=O)(=O)NC(C)(C)C)NCC(OC)C(C)(C)C. The van der Waals surface area contributed by atoms with Crippen LogP contribution in [-0.4, -0.2) is 46.7 Å². The number of benzene rings is 1. The van der Waals surface area contributed by atoms with Gasteiger partial charge in [-0.2, -0.15) is 0 Å². The lowest BCUT2D eigenvalue weighted by atomic mass is 9.89. The molecule has 3 N–H and O–H groups in total. The lowest BCUT2D eigenvalue weighted by Crippen LogP contribution is -2.45. The Labute approximate surface area is 170 Å². The van der Waals surface area contributed by atoms with Gasteiger partial charge in [-0.25, -0.2) is 13.1 Å². The van der Waals surface area contributed by atoms with Gasteiger partial charge in [-0.15, -0.1) is 0 Å². The van der Waals surface area contributed by atoms with Crippen molar-refractivity contribution in [2.24, 2.45) is 10.4 Å². The van der Waals surface area contributed by atoms with Gasteiger partial charge in [0.25, 0.3) is 0 Å². The fourth-order valence-electron chi connectivity index (χ4n) is 2.70. The number of nitrogens with zero attached hydrogens (tertiary/aromatic N) is 1. The molecule has 0 saturated heterocycles. The monoisotopic (exact) mass is 412 g/mol. The molecular weight excluding hydrogens is 376 g/mol. The fourth-order valence-corrected chi connectivity index (χ4v) is 4.36. The summed E-state index contributed by atoms with van der Waals surface area (Å²) >= 11 is 0. The number of sulfonamides is 1. The zero-order valence-electron chi connectivity index (χ0n) is 18.4. The van der Waals surface area contributed by atoms with Crippen LogP contribution in [0.3, 0.4) is 0 Å². The molecule has 0 amide bonds. The quantitative estimate of drug-likeness (QED) is 0.473. The van der Waals surface area contributed by atoms with Crippen LogP contribution >= 0.6 is 0 Å². The van der Waals surface area contributed by atoms with E-state index in [2.05, 4.69) is 41.1 Å². The van der Waals surface area contributed by atoms with E-state index in [0.717, 1.165) is 0 Å². The third-order valence-electron chi connectivity index (χ3n) is 4.08. The number of nitrogens with one attached hydrogen (secondary N) is 3. The summed E-state index contributed by atoms with van der Waals surface area (Å²) in [6.45, 7) is 12.7. The Bertz CT molecular complexity index is 762. The molecule has 0 fully saturated rings. The molecule has 0 aromatic heterocycles. The maximum atomic E-state index is 12.7. The predicted molar refractivity (Wildman–Crippen MR) is 115 cm³/mol. The second-order valence-electron chi connectivity index (χ2n) is 8.86. The van der Waals surface area contributed by atoms with Crippen LogP contribution in [0.4, 0.5) is 0 Å². The van der Waals surface area contributed by atoms with Crippen molar-refractivity contribution in [1.82, 2.24) is 15.4 Å². The molecular formula is C20H36N4O3S. The zero-order valence-corrected chi connectivity index (χ0v) is 19.2. The number of ether oxygens (including phenoxy) is 1. The van der Waals surface area contributed by atoms with Crippen molar-refractivity contribution in [3.8, 4) is 0 Å². The van der Waals surface area contributed by atoms with Crippen molar-refractivity contribution >= 4 is 16.0 Å². The Balaban J connectivity index is 2.87. The summed E-state index contributed by atoms with van der Waals surface area (Å²) < 4.78 is 33.7. The Kier molecular flexibility index (Phi) is 8.46. The average molecular weight is 413 g/mol. The van der Waals surface area contributed by atoms with E-state index in [-0.39, 0.29) is 16.4 Å². The molecule has 160 valence electrons. The minimum atomic E-state index is -3.62. The van der Waals surface area contributed by atoms with Crippen LogP contribution in [0.15, 0.2) is 34.2 Å². The van der Waals surface area contributed by atoms with Gasteiger partial charge in [0.2, 0.25) is 10.0 Å². The molecule has 0 aliphatic rings.